The summed E-state index contributed by atoms with van der Waals surface area (Å²) < 4.78 is 9.95. The predicted molar refractivity (Wildman–Crippen MR) is 100 cm³/mol. The quantitative estimate of drug-likeness (QED) is 0.784. The molecule has 0 unspecified atom stereocenters. The predicted octanol–water partition coefficient (Wildman–Crippen LogP) is 2.63. The minimum atomic E-state index is -0.969. The van der Waals surface area contributed by atoms with E-state index in [0.29, 0.717) is 5.52 Å². The van der Waals surface area contributed by atoms with Crippen molar-refractivity contribution in [1.82, 2.24) is 10.3 Å². The molecule has 0 aliphatic heterocycles. The van der Waals surface area contributed by atoms with Crippen LogP contribution in [-0.2, 0) is 19.1 Å². The first kappa shape index (κ1) is 20.4. The smallest absolute Gasteiger partial charge is 0.328 e. The van der Waals surface area contributed by atoms with Crippen LogP contribution in [0.3, 0.4) is 0 Å². The molecular weight excluding hydrogens is 348 g/mol. The number of hydrogen-bond acceptors (Lipinski definition) is 6. The summed E-state index contributed by atoms with van der Waals surface area (Å²) in [6.45, 7) is 5.28. The minimum absolute atomic E-state index is 0.0253. The molecule has 1 N–H and O–H groups in total. The minimum Gasteiger partial charge on any atom is -0.467 e. The molecule has 0 fully saturated rings. The molecule has 0 saturated heterocycles. The molecule has 0 radical (unpaired) electrons. The number of carbonyl (C=O) groups excluding carboxylic acids is 3. The van der Waals surface area contributed by atoms with Crippen molar-refractivity contribution < 1.29 is 23.9 Å². The maximum absolute atomic E-state index is 12.5. The van der Waals surface area contributed by atoms with Crippen LogP contribution in [0.1, 0.15) is 44.1 Å². The molecule has 1 atom stereocenters. The Labute approximate surface area is 158 Å². The van der Waals surface area contributed by atoms with E-state index in [0.717, 1.165) is 5.39 Å². The first-order chi connectivity index (χ1) is 12.7. The lowest BCUT2D eigenvalue weighted by Crippen LogP contribution is -2.42. The van der Waals surface area contributed by atoms with Gasteiger partial charge in [0.25, 0.3) is 5.91 Å². The van der Waals surface area contributed by atoms with Crippen molar-refractivity contribution in [2.45, 2.75) is 45.3 Å². The van der Waals surface area contributed by atoms with Crippen molar-refractivity contribution >= 4 is 28.7 Å². The molecule has 1 amide bonds. The molecule has 2 rings (SSSR count). The van der Waals surface area contributed by atoms with Crippen LogP contribution < -0.4 is 5.32 Å². The highest BCUT2D eigenvalue weighted by Gasteiger charge is 2.25. The summed E-state index contributed by atoms with van der Waals surface area (Å²) in [5.74, 6) is -1.59. The average molecular weight is 372 g/mol. The fourth-order valence-electron chi connectivity index (χ4n) is 2.47. The third-order valence-corrected chi connectivity index (χ3v) is 3.68. The second-order valence-electron chi connectivity index (χ2n) is 7.06. The zero-order valence-corrected chi connectivity index (χ0v) is 15.9. The summed E-state index contributed by atoms with van der Waals surface area (Å²) in [7, 11) is 1.23. The molecule has 0 aliphatic rings. The van der Waals surface area contributed by atoms with Gasteiger partial charge in [0.2, 0.25) is 0 Å². The van der Waals surface area contributed by atoms with Gasteiger partial charge in [-0.3, -0.25) is 9.59 Å². The van der Waals surface area contributed by atoms with Gasteiger partial charge in [0.15, 0.2) is 0 Å². The van der Waals surface area contributed by atoms with E-state index in [2.05, 4.69) is 10.3 Å². The van der Waals surface area contributed by atoms with Crippen molar-refractivity contribution in [2.24, 2.45) is 0 Å². The van der Waals surface area contributed by atoms with Gasteiger partial charge in [-0.2, -0.15) is 0 Å². The fraction of sp³-hybridized carbons (Fsp3) is 0.400. The zero-order valence-electron chi connectivity index (χ0n) is 15.9. The van der Waals surface area contributed by atoms with Crippen LogP contribution >= 0.6 is 0 Å². The molecule has 2 aromatic rings. The number of methoxy groups -OCH3 is 1. The van der Waals surface area contributed by atoms with Gasteiger partial charge in [0, 0.05) is 11.8 Å². The van der Waals surface area contributed by atoms with Crippen LogP contribution in [0, 0.1) is 0 Å². The van der Waals surface area contributed by atoms with E-state index >= 15 is 0 Å². The Kier molecular flexibility index (Phi) is 6.50. The topological polar surface area (TPSA) is 94.6 Å². The number of aromatic nitrogens is 1. The normalized spacial score (nSPS) is 12.3. The lowest BCUT2D eigenvalue weighted by atomic mass is 10.1. The number of para-hydroxylation sites is 1. The number of carbonyl (C=O) groups is 3. The number of esters is 2. The fourth-order valence-corrected chi connectivity index (χ4v) is 2.47. The number of amides is 1. The summed E-state index contributed by atoms with van der Waals surface area (Å²) >= 11 is 0. The van der Waals surface area contributed by atoms with Crippen LogP contribution in [0.25, 0.3) is 10.9 Å². The number of nitrogens with zero attached hydrogens (tertiary/aromatic N) is 1. The summed E-state index contributed by atoms with van der Waals surface area (Å²) in [4.78, 5) is 40.7. The molecule has 1 aromatic heterocycles. The average Bonchev–Trinajstić information content (AvgIpc) is 2.62. The third-order valence-electron chi connectivity index (χ3n) is 3.68. The second kappa shape index (κ2) is 8.62. The van der Waals surface area contributed by atoms with E-state index in [1.165, 1.54) is 7.11 Å². The molecule has 7 heteroatoms. The number of pyridine rings is 1. The summed E-state index contributed by atoms with van der Waals surface area (Å²) in [6.07, 6.45) is 0.0450. The Morgan fingerprint density at radius 2 is 1.81 bits per heavy atom. The first-order valence-electron chi connectivity index (χ1n) is 8.66. The Bertz CT molecular complexity index is 842. The van der Waals surface area contributed by atoms with Crippen LogP contribution in [0.15, 0.2) is 36.4 Å². The number of nitrogens with one attached hydrogen (secondary N) is 1. The number of rotatable bonds is 6. The standard InChI is InChI=1S/C20H24N2O5/c1-20(2,3)27-17(23)12-11-16(19(25)26-4)22-18(24)15-10-9-13-7-5-6-8-14(13)21-15/h5-10,16H,11-12H2,1-4H3,(H,22,24)/t16-/m1/s1. The molecule has 0 spiro atoms. The lowest BCUT2D eigenvalue weighted by Gasteiger charge is -2.21. The van der Waals surface area contributed by atoms with E-state index < -0.39 is 29.5 Å². The number of benzene rings is 1. The Morgan fingerprint density at radius 3 is 2.48 bits per heavy atom. The summed E-state index contributed by atoms with van der Waals surface area (Å²) in [5.41, 5.74) is 0.240. The molecular formula is C20H24N2O5. The van der Waals surface area contributed by atoms with Crippen molar-refractivity contribution in [3.05, 3.63) is 42.1 Å². The Hall–Kier alpha value is -2.96. The van der Waals surface area contributed by atoms with Gasteiger partial charge in [0.05, 0.1) is 12.6 Å². The van der Waals surface area contributed by atoms with Crippen molar-refractivity contribution in [1.29, 1.82) is 0 Å². The van der Waals surface area contributed by atoms with E-state index in [-0.39, 0.29) is 18.5 Å². The maximum atomic E-state index is 12.5. The van der Waals surface area contributed by atoms with Gasteiger partial charge in [-0.25, -0.2) is 9.78 Å². The molecule has 1 aromatic carbocycles. The highest BCUT2D eigenvalue weighted by Crippen LogP contribution is 2.13. The lowest BCUT2D eigenvalue weighted by molar-refractivity contribution is -0.155. The van der Waals surface area contributed by atoms with Gasteiger partial charge >= 0.3 is 11.9 Å². The molecule has 27 heavy (non-hydrogen) atoms. The maximum Gasteiger partial charge on any atom is 0.328 e. The Morgan fingerprint density at radius 1 is 1.11 bits per heavy atom. The third kappa shape index (κ3) is 6.06. The summed E-state index contributed by atoms with van der Waals surface area (Å²) in [5, 5.41) is 3.49. The molecule has 144 valence electrons. The van der Waals surface area contributed by atoms with Crippen molar-refractivity contribution in [3.8, 4) is 0 Å². The number of fused-ring (bicyclic) bond motifs is 1. The largest absolute Gasteiger partial charge is 0.467 e. The highest BCUT2D eigenvalue weighted by molar-refractivity contribution is 5.97. The van der Waals surface area contributed by atoms with Gasteiger partial charge in [-0.15, -0.1) is 0 Å². The first-order valence-corrected chi connectivity index (χ1v) is 8.66. The SMILES string of the molecule is COC(=O)[C@@H](CCC(=O)OC(C)(C)C)NC(=O)c1ccc2ccccc2n1. The molecule has 1 heterocycles. The second-order valence-corrected chi connectivity index (χ2v) is 7.06. The highest BCUT2D eigenvalue weighted by atomic mass is 16.6. The van der Waals surface area contributed by atoms with Gasteiger partial charge in [0.1, 0.15) is 17.3 Å². The monoisotopic (exact) mass is 372 g/mol. The van der Waals surface area contributed by atoms with Crippen molar-refractivity contribution in [3.63, 3.8) is 0 Å². The van der Waals surface area contributed by atoms with Crippen LogP contribution in [0.5, 0.6) is 0 Å². The van der Waals surface area contributed by atoms with E-state index in [9.17, 15) is 14.4 Å². The van der Waals surface area contributed by atoms with E-state index in [1.54, 1.807) is 39.0 Å². The van der Waals surface area contributed by atoms with Crippen LogP contribution in [0.2, 0.25) is 0 Å². The zero-order chi connectivity index (χ0) is 20.0. The number of hydrogen-bond donors (Lipinski definition) is 1. The summed E-state index contributed by atoms with van der Waals surface area (Å²) in [6, 6.07) is 9.80. The van der Waals surface area contributed by atoms with E-state index in [4.69, 9.17) is 9.47 Å². The number of ether oxygens (including phenoxy) is 2. The van der Waals surface area contributed by atoms with Crippen molar-refractivity contribution in [2.75, 3.05) is 7.11 Å². The van der Waals surface area contributed by atoms with Gasteiger partial charge in [-0.1, -0.05) is 24.3 Å². The molecule has 7 nitrogen and oxygen atoms in total. The molecule has 0 bridgehead atoms. The molecule has 0 aliphatic carbocycles. The van der Waals surface area contributed by atoms with Crippen LogP contribution in [-0.4, -0.2) is 41.6 Å². The van der Waals surface area contributed by atoms with Gasteiger partial charge < -0.3 is 14.8 Å². The Balaban J connectivity index is 2.06. The van der Waals surface area contributed by atoms with E-state index in [1.807, 2.05) is 18.2 Å². The van der Waals surface area contributed by atoms with Gasteiger partial charge in [-0.05, 0) is 39.3 Å². The van der Waals surface area contributed by atoms with Crippen LogP contribution in [0.4, 0.5) is 0 Å². The molecule has 0 saturated carbocycles.